The number of hydrogen-bond acceptors (Lipinski definition) is 5. The van der Waals surface area contributed by atoms with Crippen LogP contribution >= 0.6 is 0 Å². The van der Waals surface area contributed by atoms with Crippen molar-refractivity contribution in [2.75, 3.05) is 20.7 Å². The van der Waals surface area contributed by atoms with Crippen molar-refractivity contribution in [3.8, 4) is 16.9 Å². The van der Waals surface area contributed by atoms with E-state index in [1.807, 2.05) is 55.7 Å². The molecule has 0 unspecified atom stereocenters. The Hall–Kier alpha value is -2.86. The minimum absolute atomic E-state index is 0.167. The summed E-state index contributed by atoms with van der Waals surface area (Å²) in [6, 6.07) is 5.66. The van der Waals surface area contributed by atoms with Crippen LogP contribution in [0.3, 0.4) is 0 Å². The molecule has 0 spiro atoms. The summed E-state index contributed by atoms with van der Waals surface area (Å²) in [5.74, 6) is -0.200. The van der Waals surface area contributed by atoms with Gasteiger partial charge < -0.3 is 19.3 Å². The lowest BCUT2D eigenvalue weighted by Gasteiger charge is -2.17. The van der Waals surface area contributed by atoms with Crippen LogP contribution in [0.1, 0.15) is 28.5 Å². The number of aryl methyl sites for hydroxylation is 1. The molecule has 0 aliphatic heterocycles. The Kier molecular flexibility index (Phi) is 5.19. The Bertz CT molecular complexity index is 991. The molecule has 0 aliphatic carbocycles. The number of nitrogens with zero attached hydrogens (tertiary/aromatic N) is 3. The third-order valence-electron chi connectivity index (χ3n) is 4.78. The number of carbonyl (C=O) groups is 1. The average Bonchev–Trinajstić information content (AvgIpc) is 2.89. The van der Waals surface area contributed by atoms with E-state index in [-0.39, 0.29) is 11.7 Å². The second-order valence-electron chi connectivity index (χ2n) is 6.86. The first-order chi connectivity index (χ1) is 12.9. The summed E-state index contributed by atoms with van der Waals surface area (Å²) in [7, 11) is 5.79. The molecule has 3 rings (SSSR count). The van der Waals surface area contributed by atoms with E-state index in [2.05, 4.69) is 4.98 Å². The molecule has 142 valence electrons. The van der Waals surface area contributed by atoms with E-state index in [9.17, 15) is 9.90 Å². The Morgan fingerprint density at radius 1 is 1.37 bits per heavy atom. The van der Waals surface area contributed by atoms with Crippen LogP contribution < -0.4 is 0 Å². The SMILES string of the molecule is CCOC(=O)c1c(C)n(C)c2cc(-c3cccnc3)c(O)c(CN(C)C)c12. The zero-order chi connectivity index (χ0) is 19.7. The molecule has 27 heavy (non-hydrogen) atoms. The third-order valence-corrected chi connectivity index (χ3v) is 4.78. The highest BCUT2D eigenvalue weighted by atomic mass is 16.5. The maximum atomic E-state index is 12.7. The number of aromatic hydroxyl groups is 1. The van der Waals surface area contributed by atoms with Crippen LogP contribution in [-0.4, -0.2) is 46.2 Å². The van der Waals surface area contributed by atoms with Gasteiger partial charge in [-0.2, -0.15) is 0 Å². The fourth-order valence-electron chi connectivity index (χ4n) is 3.45. The number of rotatable bonds is 5. The molecule has 0 radical (unpaired) electrons. The number of hydrogen-bond donors (Lipinski definition) is 1. The molecule has 1 aromatic carbocycles. The summed E-state index contributed by atoms with van der Waals surface area (Å²) in [6.07, 6.45) is 3.42. The van der Waals surface area contributed by atoms with E-state index < -0.39 is 0 Å². The summed E-state index contributed by atoms with van der Waals surface area (Å²) < 4.78 is 7.26. The monoisotopic (exact) mass is 367 g/mol. The zero-order valence-electron chi connectivity index (χ0n) is 16.4. The summed E-state index contributed by atoms with van der Waals surface area (Å²) in [5, 5.41) is 11.9. The predicted octanol–water partition coefficient (Wildman–Crippen LogP) is 3.49. The minimum atomic E-state index is -0.367. The molecule has 3 aromatic rings. The lowest BCUT2D eigenvalue weighted by atomic mass is 9.96. The lowest BCUT2D eigenvalue weighted by molar-refractivity contribution is 0.0527. The number of phenolic OH excluding ortho intramolecular Hbond substituents is 1. The average molecular weight is 367 g/mol. The topological polar surface area (TPSA) is 67.6 Å². The second kappa shape index (κ2) is 7.40. The summed E-state index contributed by atoms with van der Waals surface area (Å²) >= 11 is 0. The predicted molar refractivity (Wildman–Crippen MR) is 106 cm³/mol. The van der Waals surface area contributed by atoms with E-state index >= 15 is 0 Å². The van der Waals surface area contributed by atoms with Crippen molar-refractivity contribution in [1.29, 1.82) is 0 Å². The Labute approximate surface area is 159 Å². The lowest BCUT2D eigenvalue weighted by Crippen LogP contribution is -2.13. The smallest absolute Gasteiger partial charge is 0.340 e. The summed E-state index contributed by atoms with van der Waals surface area (Å²) in [5.41, 5.74) is 4.44. The van der Waals surface area contributed by atoms with E-state index in [0.29, 0.717) is 29.8 Å². The first kappa shape index (κ1) is 18.9. The molecule has 0 fully saturated rings. The Balaban J connectivity index is 2.40. The van der Waals surface area contributed by atoms with Crippen LogP contribution in [-0.2, 0) is 18.3 Å². The maximum absolute atomic E-state index is 12.7. The fraction of sp³-hybridized carbons (Fsp3) is 0.333. The molecular formula is C21H25N3O3. The molecule has 0 atom stereocenters. The van der Waals surface area contributed by atoms with Gasteiger partial charge in [0.2, 0.25) is 0 Å². The van der Waals surface area contributed by atoms with Gasteiger partial charge in [-0.25, -0.2) is 4.79 Å². The molecule has 6 heteroatoms. The van der Waals surface area contributed by atoms with Crippen molar-refractivity contribution < 1.29 is 14.6 Å². The zero-order valence-corrected chi connectivity index (χ0v) is 16.4. The highest BCUT2D eigenvalue weighted by Crippen LogP contribution is 2.41. The standard InChI is InChI=1S/C21H25N3O3/c1-6-27-21(26)18-13(2)24(5)17-10-15(14-8-7-9-22-11-14)20(25)16(19(17)18)12-23(3)4/h7-11,25H,6,12H2,1-5H3. The van der Waals surface area contributed by atoms with Gasteiger partial charge in [-0.05, 0) is 40.1 Å². The molecule has 0 amide bonds. The number of ether oxygens (including phenoxy) is 1. The highest BCUT2D eigenvalue weighted by Gasteiger charge is 2.26. The molecule has 6 nitrogen and oxygen atoms in total. The van der Waals surface area contributed by atoms with Gasteiger partial charge in [-0.1, -0.05) is 6.07 Å². The minimum Gasteiger partial charge on any atom is -0.507 e. The molecular weight excluding hydrogens is 342 g/mol. The van der Waals surface area contributed by atoms with Crippen LogP contribution in [0.4, 0.5) is 0 Å². The van der Waals surface area contributed by atoms with Crippen molar-refractivity contribution in [2.24, 2.45) is 7.05 Å². The van der Waals surface area contributed by atoms with Gasteiger partial charge in [-0.15, -0.1) is 0 Å². The normalized spacial score (nSPS) is 11.3. The molecule has 0 bridgehead atoms. The number of esters is 1. The van der Waals surface area contributed by atoms with E-state index in [1.165, 1.54) is 0 Å². The Morgan fingerprint density at radius 3 is 2.70 bits per heavy atom. The van der Waals surface area contributed by atoms with E-state index in [0.717, 1.165) is 22.2 Å². The summed E-state index contributed by atoms with van der Waals surface area (Å²) in [4.78, 5) is 18.8. The fourth-order valence-corrected chi connectivity index (χ4v) is 3.45. The van der Waals surface area contributed by atoms with Gasteiger partial charge in [0.1, 0.15) is 5.75 Å². The van der Waals surface area contributed by atoms with E-state index in [4.69, 9.17) is 4.74 Å². The number of pyridine rings is 1. The van der Waals surface area contributed by atoms with Crippen molar-refractivity contribution >= 4 is 16.9 Å². The first-order valence-electron chi connectivity index (χ1n) is 8.92. The van der Waals surface area contributed by atoms with Gasteiger partial charge in [0.15, 0.2) is 0 Å². The van der Waals surface area contributed by atoms with Crippen molar-refractivity contribution in [2.45, 2.75) is 20.4 Å². The molecule has 2 aromatic heterocycles. The Morgan fingerprint density at radius 2 is 2.11 bits per heavy atom. The molecule has 0 saturated heterocycles. The van der Waals surface area contributed by atoms with Crippen LogP contribution in [0.15, 0.2) is 30.6 Å². The van der Waals surface area contributed by atoms with Crippen LogP contribution in [0.5, 0.6) is 5.75 Å². The van der Waals surface area contributed by atoms with Crippen molar-refractivity contribution in [3.63, 3.8) is 0 Å². The van der Waals surface area contributed by atoms with Crippen LogP contribution in [0, 0.1) is 6.92 Å². The number of aromatic nitrogens is 2. The van der Waals surface area contributed by atoms with Gasteiger partial charge in [0.25, 0.3) is 0 Å². The van der Waals surface area contributed by atoms with Gasteiger partial charge >= 0.3 is 5.97 Å². The van der Waals surface area contributed by atoms with Gasteiger partial charge in [0, 0.05) is 53.8 Å². The second-order valence-corrected chi connectivity index (χ2v) is 6.86. The third kappa shape index (κ3) is 3.28. The van der Waals surface area contributed by atoms with Crippen LogP contribution in [0.2, 0.25) is 0 Å². The number of phenols is 1. The first-order valence-corrected chi connectivity index (χ1v) is 8.92. The van der Waals surface area contributed by atoms with E-state index in [1.54, 1.807) is 19.3 Å². The summed E-state index contributed by atoms with van der Waals surface area (Å²) in [6.45, 7) is 4.48. The molecule has 0 saturated carbocycles. The number of carbonyl (C=O) groups excluding carboxylic acids is 1. The number of benzene rings is 1. The maximum Gasteiger partial charge on any atom is 0.340 e. The quantitative estimate of drug-likeness (QED) is 0.699. The molecule has 0 aliphatic rings. The highest BCUT2D eigenvalue weighted by molar-refractivity contribution is 6.09. The van der Waals surface area contributed by atoms with Crippen LogP contribution in [0.25, 0.3) is 22.0 Å². The van der Waals surface area contributed by atoms with Crippen molar-refractivity contribution in [1.82, 2.24) is 14.5 Å². The van der Waals surface area contributed by atoms with Gasteiger partial charge in [0.05, 0.1) is 17.7 Å². The number of fused-ring (bicyclic) bond motifs is 1. The molecule has 1 N–H and O–H groups in total. The van der Waals surface area contributed by atoms with Gasteiger partial charge in [-0.3, -0.25) is 4.98 Å². The molecule has 2 heterocycles. The largest absolute Gasteiger partial charge is 0.507 e. The van der Waals surface area contributed by atoms with Crippen molar-refractivity contribution in [3.05, 3.63) is 47.4 Å².